The summed E-state index contributed by atoms with van der Waals surface area (Å²) in [6, 6.07) is 8.67. The second-order valence-electron chi connectivity index (χ2n) is 7.15. The Morgan fingerprint density at radius 3 is 2.24 bits per heavy atom. The summed E-state index contributed by atoms with van der Waals surface area (Å²) >= 11 is 0. The Hall–Kier alpha value is -1.31. The average molecular weight is 288 g/mol. The van der Waals surface area contributed by atoms with E-state index in [0.29, 0.717) is 0 Å². The molecule has 0 unspecified atom stereocenters. The summed E-state index contributed by atoms with van der Waals surface area (Å²) in [5.41, 5.74) is 2.27. The number of rotatable bonds is 9. The zero-order valence-electron chi connectivity index (χ0n) is 13.4. The minimum absolute atomic E-state index is 0.610. The molecular weight excluding hydrogens is 260 g/mol. The zero-order chi connectivity index (χ0) is 15.3. The van der Waals surface area contributed by atoms with Crippen LogP contribution in [0.15, 0.2) is 24.3 Å². The van der Waals surface area contributed by atoms with Crippen molar-refractivity contribution in [1.82, 2.24) is 0 Å². The van der Waals surface area contributed by atoms with E-state index >= 15 is 0 Å². The largest absolute Gasteiger partial charge is 0.481 e. The minimum Gasteiger partial charge on any atom is -0.481 e. The van der Waals surface area contributed by atoms with E-state index < -0.39 is 11.4 Å². The van der Waals surface area contributed by atoms with E-state index in [2.05, 4.69) is 24.3 Å². The molecular formula is C19H28O2. The van der Waals surface area contributed by atoms with Crippen LogP contribution in [-0.2, 0) is 17.6 Å². The molecule has 1 aromatic rings. The van der Waals surface area contributed by atoms with Crippen LogP contribution in [0.3, 0.4) is 0 Å². The molecule has 0 aromatic heterocycles. The molecule has 0 radical (unpaired) electrons. The van der Waals surface area contributed by atoms with Gasteiger partial charge in [-0.25, -0.2) is 0 Å². The molecule has 1 aliphatic carbocycles. The molecule has 0 atom stereocenters. The Balaban J connectivity index is 1.82. The molecule has 1 aliphatic rings. The Morgan fingerprint density at radius 2 is 1.71 bits per heavy atom. The van der Waals surface area contributed by atoms with Crippen molar-refractivity contribution < 1.29 is 9.90 Å². The SMILES string of the molecule is CC(C)(CCCc1ccccc1CCCC1CC1)C(=O)O. The van der Waals surface area contributed by atoms with Crippen molar-refractivity contribution in [2.45, 2.75) is 65.2 Å². The van der Waals surface area contributed by atoms with Crippen LogP contribution >= 0.6 is 0 Å². The lowest BCUT2D eigenvalue weighted by molar-refractivity contribution is -0.147. The number of carbonyl (C=O) groups is 1. The molecule has 2 rings (SSSR count). The molecule has 0 spiro atoms. The fraction of sp³-hybridized carbons (Fsp3) is 0.632. The van der Waals surface area contributed by atoms with Gasteiger partial charge in [0.15, 0.2) is 0 Å². The number of benzene rings is 1. The van der Waals surface area contributed by atoms with Crippen LogP contribution < -0.4 is 0 Å². The third kappa shape index (κ3) is 5.18. The Kier molecular flexibility index (Phi) is 5.44. The number of carboxylic acid groups (broad SMARTS) is 1. The molecule has 21 heavy (non-hydrogen) atoms. The number of aryl methyl sites for hydroxylation is 2. The fourth-order valence-corrected chi connectivity index (χ4v) is 2.86. The lowest BCUT2D eigenvalue weighted by Gasteiger charge is -2.19. The molecule has 1 saturated carbocycles. The van der Waals surface area contributed by atoms with E-state index in [1.807, 2.05) is 13.8 Å². The van der Waals surface area contributed by atoms with Gasteiger partial charge in [-0.1, -0.05) is 43.5 Å². The second kappa shape index (κ2) is 7.11. The molecule has 0 saturated heterocycles. The molecule has 1 N–H and O–H groups in total. The topological polar surface area (TPSA) is 37.3 Å². The van der Waals surface area contributed by atoms with Gasteiger partial charge in [0.05, 0.1) is 5.41 Å². The predicted octanol–water partition coefficient (Wildman–Crippen LogP) is 4.85. The maximum atomic E-state index is 11.1. The molecule has 1 fully saturated rings. The third-order valence-electron chi connectivity index (χ3n) is 4.70. The smallest absolute Gasteiger partial charge is 0.309 e. The summed E-state index contributed by atoms with van der Waals surface area (Å²) in [6.45, 7) is 3.63. The van der Waals surface area contributed by atoms with Crippen molar-refractivity contribution in [1.29, 1.82) is 0 Å². The summed E-state index contributed by atoms with van der Waals surface area (Å²) in [5.74, 6) is 0.314. The van der Waals surface area contributed by atoms with E-state index in [1.54, 1.807) is 0 Å². The third-order valence-corrected chi connectivity index (χ3v) is 4.70. The molecule has 2 heteroatoms. The van der Waals surface area contributed by atoms with Crippen LogP contribution in [0.25, 0.3) is 0 Å². The van der Waals surface area contributed by atoms with E-state index in [9.17, 15) is 4.79 Å². The predicted molar refractivity (Wildman–Crippen MR) is 86.5 cm³/mol. The van der Waals surface area contributed by atoms with Gasteiger partial charge in [0.2, 0.25) is 0 Å². The first-order valence-corrected chi connectivity index (χ1v) is 8.29. The van der Waals surface area contributed by atoms with Crippen molar-refractivity contribution >= 4 is 5.97 Å². The van der Waals surface area contributed by atoms with Gasteiger partial charge in [0.1, 0.15) is 0 Å². The van der Waals surface area contributed by atoms with Gasteiger partial charge in [0, 0.05) is 0 Å². The van der Waals surface area contributed by atoms with Gasteiger partial charge >= 0.3 is 5.97 Å². The van der Waals surface area contributed by atoms with Gasteiger partial charge < -0.3 is 5.11 Å². The van der Waals surface area contributed by atoms with Crippen molar-refractivity contribution in [2.75, 3.05) is 0 Å². The van der Waals surface area contributed by atoms with Crippen molar-refractivity contribution in [2.24, 2.45) is 11.3 Å². The van der Waals surface area contributed by atoms with Crippen LogP contribution in [0.5, 0.6) is 0 Å². The van der Waals surface area contributed by atoms with Crippen LogP contribution in [0.2, 0.25) is 0 Å². The van der Waals surface area contributed by atoms with E-state index in [1.165, 1.54) is 43.2 Å². The molecule has 1 aromatic carbocycles. The highest BCUT2D eigenvalue weighted by molar-refractivity contribution is 5.73. The minimum atomic E-state index is -0.694. The maximum Gasteiger partial charge on any atom is 0.309 e. The Labute approximate surface area is 128 Å². The second-order valence-corrected chi connectivity index (χ2v) is 7.15. The van der Waals surface area contributed by atoms with E-state index in [4.69, 9.17) is 5.11 Å². The number of hydrogen-bond acceptors (Lipinski definition) is 1. The highest BCUT2D eigenvalue weighted by Crippen LogP contribution is 2.34. The summed E-state index contributed by atoms with van der Waals surface area (Å²) in [7, 11) is 0. The van der Waals surface area contributed by atoms with Crippen LogP contribution in [0.4, 0.5) is 0 Å². The summed E-state index contributed by atoms with van der Waals surface area (Å²) in [6.07, 6.45) is 9.39. The number of hydrogen-bond donors (Lipinski definition) is 1. The first kappa shape index (κ1) is 16.1. The van der Waals surface area contributed by atoms with Gasteiger partial charge in [-0.3, -0.25) is 4.79 Å². The van der Waals surface area contributed by atoms with E-state index in [0.717, 1.165) is 25.2 Å². The summed E-state index contributed by atoms with van der Waals surface area (Å²) < 4.78 is 0. The lowest BCUT2D eigenvalue weighted by Crippen LogP contribution is -2.23. The molecule has 0 aliphatic heterocycles. The van der Waals surface area contributed by atoms with Crippen LogP contribution in [0, 0.1) is 11.3 Å². The first-order chi connectivity index (χ1) is 9.99. The standard InChI is InChI=1S/C19H28O2/c1-19(2,18(20)21)14-6-11-17-9-4-3-8-16(17)10-5-7-15-12-13-15/h3-4,8-9,15H,5-7,10-14H2,1-2H3,(H,20,21). The van der Waals surface area contributed by atoms with Crippen molar-refractivity contribution in [3.05, 3.63) is 35.4 Å². The normalized spacial score (nSPS) is 15.1. The van der Waals surface area contributed by atoms with Gasteiger partial charge in [-0.15, -0.1) is 0 Å². The zero-order valence-corrected chi connectivity index (χ0v) is 13.4. The number of carboxylic acids is 1. The molecule has 0 heterocycles. The molecule has 0 amide bonds. The summed E-state index contributed by atoms with van der Waals surface area (Å²) in [5, 5.41) is 9.17. The van der Waals surface area contributed by atoms with Crippen molar-refractivity contribution in [3.63, 3.8) is 0 Å². The molecule has 0 bridgehead atoms. The first-order valence-electron chi connectivity index (χ1n) is 8.29. The van der Waals surface area contributed by atoms with Gasteiger partial charge in [-0.2, -0.15) is 0 Å². The highest BCUT2D eigenvalue weighted by Gasteiger charge is 2.26. The number of aliphatic carboxylic acids is 1. The molecule has 116 valence electrons. The molecule has 2 nitrogen and oxygen atoms in total. The maximum absolute atomic E-state index is 11.1. The summed E-state index contributed by atoms with van der Waals surface area (Å²) in [4.78, 5) is 11.1. The quantitative estimate of drug-likeness (QED) is 0.705. The Morgan fingerprint density at radius 1 is 1.14 bits per heavy atom. The lowest BCUT2D eigenvalue weighted by atomic mass is 9.86. The van der Waals surface area contributed by atoms with Crippen LogP contribution in [0.1, 0.15) is 63.5 Å². The van der Waals surface area contributed by atoms with Crippen molar-refractivity contribution in [3.8, 4) is 0 Å². The monoisotopic (exact) mass is 288 g/mol. The van der Waals surface area contributed by atoms with Crippen LogP contribution in [-0.4, -0.2) is 11.1 Å². The van der Waals surface area contributed by atoms with Gasteiger partial charge in [0.25, 0.3) is 0 Å². The van der Waals surface area contributed by atoms with E-state index in [-0.39, 0.29) is 0 Å². The van der Waals surface area contributed by atoms with Gasteiger partial charge in [-0.05, 0) is 63.0 Å². The fourth-order valence-electron chi connectivity index (χ4n) is 2.86. The Bertz CT molecular complexity index is 472. The highest BCUT2D eigenvalue weighted by atomic mass is 16.4. The average Bonchev–Trinajstić information content (AvgIpc) is 3.24.